The van der Waals surface area contributed by atoms with Crippen LogP contribution in [0.1, 0.15) is 91.9 Å². The van der Waals surface area contributed by atoms with Crippen LogP contribution in [0.3, 0.4) is 0 Å². The number of carbonyl (C=O) groups is 3. The third kappa shape index (κ3) is 9.34. The predicted octanol–water partition coefficient (Wildman–Crippen LogP) is 5.69. The van der Waals surface area contributed by atoms with Gasteiger partial charge in [-0.1, -0.05) is 37.5 Å². The van der Waals surface area contributed by atoms with Gasteiger partial charge in [-0.3, -0.25) is 14.4 Å². The van der Waals surface area contributed by atoms with E-state index >= 15 is 0 Å². The van der Waals surface area contributed by atoms with Gasteiger partial charge in [0.25, 0.3) is 0 Å². The zero-order chi connectivity index (χ0) is 24.2. The van der Waals surface area contributed by atoms with Gasteiger partial charge >= 0.3 is 17.9 Å². The number of allylic oxidation sites excluding steroid dienone is 2. The van der Waals surface area contributed by atoms with Crippen molar-refractivity contribution < 1.29 is 28.6 Å². The van der Waals surface area contributed by atoms with Crippen molar-refractivity contribution in [2.75, 3.05) is 6.61 Å². The van der Waals surface area contributed by atoms with E-state index in [1.807, 2.05) is 13.0 Å². The lowest BCUT2D eigenvalue weighted by Gasteiger charge is -2.22. The number of esters is 3. The highest BCUT2D eigenvalue weighted by molar-refractivity contribution is 5.69. The van der Waals surface area contributed by atoms with E-state index in [-0.39, 0.29) is 36.0 Å². The summed E-state index contributed by atoms with van der Waals surface area (Å²) in [5.41, 5.74) is 1.44. The lowest BCUT2D eigenvalue weighted by Crippen LogP contribution is -2.23. The molecular weight excluding hydrogens is 420 g/mol. The molecule has 0 unspecified atom stereocenters. The molecule has 0 aromatic rings. The summed E-state index contributed by atoms with van der Waals surface area (Å²) in [4.78, 5) is 34.8. The van der Waals surface area contributed by atoms with Crippen molar-refractivity contribution in [3.05, 3.63) is 23.8 Å². The van der Waals surface area contributed by atoms with Gasteiger partial charge in [0.1, 0.15) is 12.2 Å². The van der Waals surface area contributed by atoms with E-state index in [1.165, 1.54) is 19.4 Å². The molecule has 2 saturated carbocycles. The molecule has 0 aromatic carbocycles. The lowest BCUT2D eigenvalue weighted by atomic mass is 9.90. The molecule has 0 N–H and O–H groups in total. The quantitative estimate of drug-likeness (QED) is 0.151. The molecular formula is C27H42O6. The maximum atomic E-state index is 11.7. The first-order valence-electron chi connectivity index (χ1n) is 12.7. The number of unbranched alkanes of at least 4 members (excludes halogenated alkanes) is 3. The molecule has 2 rings (SSSR count). The minimum Gasteiger partial charge on any atom is -0.466 e. The minimum atomic E-state index is -0.268. The maximum Gasteiger partial charge on any atom is 0.305 e. The number of carbonyl (C=O) groups excluding carboxylic acids is 3. The van der Waals surface area contributed by atoms with E-state index in [2.05, 4.69) is 19.1 Å². The summed E-state index contributed by atoms with van der Waals surface area (Å²) in [6.45, 7) is 7.32. The third-order valence-electron chi connectivity index (χ3n) is 6.68. The number of ether oxygens (including phenoxy) is 3. The van der Waals surface area contributed by atoms with Gasteiger partial charge in [0.15, 0.2) is 0 Å². The highest BCUT2D eigenvalue weighted by atomic mass is 16.5. The van der Waals surface area contributed by atoms with E-state index in [0.717, 1.165) is 57.8 Å². The summed E-state index contributed by atoms with van der Waals surface area (Å²) in [5, 5.41) is 0. The second kappa shape index (κ2) is 14.2. The number of hydrogen-bond donors (Lipinski definition) is 0. The Balaban J connectivity index is 2.01. The van der Waals surface area contributed by atoms with E-state index in [0.29, 0.717) is 24.9 Å². The molecule has 6 heteroatoms. The monoisotopic (exact) mass is 462 g/mol. The van der Waals surface area contributed by atoms with Gasteiger partial charge in [-0.05, 0) is 69.8 Å². The van der Waals surface area contributed by atoms with Crippen molar-refractivity contribution in [3.8, 4) is 0 Å². The van der Waals surface area contributed by atoms with Gasteiger partial charge in [0.2, 0.25) is 0 Å². The molecule has 0 aliphatic heterocycles. The molecule has 2 aliphatic carbocycles. The molecule has 0 spiro atoms. The van der Waals surface area contributed by atoms with Crippen LogP contribution in [0, 0.1) is 17.8 Å². The van der Waals surface area contributed by atoms with Crippen LogP contribution >= 0.6 is 0 Å². The maximum absolute atomic E-state index is 11.7. The van der Waals surface area contributed by atoms with Crippen LogP contribution in [0.4, 0.5) is 0 Å². The molecule has 0 bridgehead atoms. The second-order valence-corrected chi connectivity index (χ2v) is 9.38. The van der Waals surface area contributed by atoms with Crippen LogP contribution in [-0.4, -0.2) is 36.7 Å². The van der Waals surface area contributed by atoms with Crippen molar-refractivity contribution >= 4 is 17.9 Å². The first-order chi connectivity index (χ1) is 15.8. The Kier molecular flexibility index (Phi) is 11.7. The molecule has 6 nitrogen and oxygen atoms in total. The first-order valence-corrected chi connectivity index (χ1v) is 12.7. The van der Waals surface area contributed by atoms with Crippen LogP contribution in [-0.2, 0) is 28.6 Å². The standard InChI is InChI=1S/C27H42O6/c1-5-7-8-12-23(32-19(3)28)14-15-24-25-17-21(11-9-10-13-27(30)31-6-2)16-22(25)18-26(24)33-20(4)29/h11,14-15,22-26H,5-10,12-13,16-18H2,1-4H3/b15-14+,21-11+/t22-,23-,24+,25-,26+/m0/s1. The Morgan fingerprint density at radius 1 is 1.06 bits per heavy atom. The van der Waals surface area contributed by atoms with Crippen LogP contribution in [0.2, 0.25) is 0 Å². The highest BCUT2D eigenvalue weighted by Gasteiger charge is 2.47. The molecule has 2 aliphatic rings. The highest BCUT2D eigenvalue weighted by Crippen LogP contribution is 2.51. The summed E-state index contributed by atoms with van der Waals surface area (Å²) in [5.74, 6) is 0.412. The summed E-state index contributed by atoms with van der Waals surface area (Å²) in [7, 11) is 0. The van der Waals surface area contributed by atoms with Gasteiger partial charge in [0.05, 0.1) is 6.61 Å². The zero-order valence-electron chi connectivity index (χ0n) is 20.8. The van der Waals surface area contributed by atoms with Gasteiger partial charge in [-0.25, -0.2) is 0 Å². The fourth-order valence-electron chi connectivity index (χ4n) is 5.29. The summed E-state index contributed by atoms with van der Waals surface area (Å²) in [6, 6.07) is 0. The molecule has 0 heterocycles. The molecule has 5 atom stereocenters. The second-order valence-electron chi connectivity index (χ2n) is 9.38. The van der Waals surface area contributed by atoms with E-state index in [4.69, 9.17) is 14.2 Å². The largest absolute Gasteiger partial charge is 0.466 e. The Labute approximate surface area is 199 Å². The lowest BCUT2D eigenvalue weighted by molar-refractivity contribution is -0.147. The van der Waals surface area contributed by atoms with Gasteiger partial charge in [-0.15, -0.1) is 0 Å². The van der Waals surface area contributed by atoms with Gasteiger partial charge in [0, 0.05) is 26.2 Å². The van der Waals surface area contributed by atoms with Crippen LogP contribution in [0.5, 0.6) is 0 Å². The topological polar surface area (TPSA) is 78.9 Å². The van der Waals surface area contributed by atoms with E-state index < -0.39 is 0 Å². The number of fused-ring (bicyclic) bond motifs is 1. The van der Waals surface area contributed by atoms with Crippen LogP contribution < -0.4 is 0 Å². The van der Waals surface area contributed by atoms with Crippen molar-refractivity contribution in [2.45, 2.75) is 104 Å². The molecule has 2 fully saturated rings. The van der Waals surface area contributed by atoms with Crippen LogP contribution in [0.15, 0.2) is 23.8 Å². The third-order valence-corrected chi connectivity index (χ3v) is 6.68. The molecule has 186 valence electrons. The summed E-state index contributed by atoms with van der Waals surface area (Å²) >= 11 is 0. The SMILES string of the molecule is CCCCC[C@@H](/C=C/[C@@H]1[C@H]2C/C(=C/CCCC(=O)OCC)C[C@H]2C[C@H]1OC(C)=O)OC(C)=O. The van der Waals surface area contributed by atoms with Crippen molar-refractivity contribution in [1.82, 2.24) is 0 Å². The number of hydrogen-bond acceptors (Lipinski definition) is 6. The average molecular weight is 463 g/mol. The predicted molar refractivity (Wildman–Crippen MR) is 127 cm³/mol. The van der Waals surface area contributed by atoms with Crippen molar-refractivity contribution in [1.29, 1.82) is 0 Å². The fraction of sp³-hybridized carbons (Fsp3) is 0.741. The smallest absolute Gasteiger partial charge is 0.305 e. The molecule has 0 aromatic heterocycles. The molecule has 0 radical (unpaired) electrons. The van der Waals surface area contributed by atoms with Crippen molar-refractivity contribution in [2.24, 2.45) is 17.8 Å². The van der Waals surface area contributed by atoms with E-state index in [9.17, 15) is 14.4 Å². The fourth-order valence-corrected chi connectivity index (χ4v) is 5.29. The minimum absolute atomic E-state index is 0.118. The van der Waals surface area contributed by atoms with E-state index in [1.54, 1.807) is 0 Å². The van der Waals surface area contributed by atoms with Crippen molar-refractivity contribution in [3.63, 3.8) is 0 Å². The summed E-state index contributed by atoms with van der Waals surface area (Å²) < 4.78 is 16.2. The zero-order valence-corrected chi connectivity index (χ0v) is 20.8. The Morgan fingerprint density at radius 3 is 2.52 bits per heavy atom. The Hall–Kier alpha value is -2.11. The molecule has 33 heavy (non-hydrogen) atoms. The van der Waals surface area contributed by atoms with Gasteiger partial charge in [-0.2, -0.15) is 0 Å². The molecule has 0 amide bonds. The normalized spacial score (nSPS) is 26.4. The van der Waals surface area contributed by atoms with Crippen LogP contribution in [0.25, 0.3) is 0 Å². The van der Waals surface area contributed by atoms with Gasteiger partial charge < -0.3 is 14.2 Å². The molecule has 0 saturated heterocycles. The summed E-state index contributed by atoms with van der Waals surface area (Å²) in [6.07, 6.45) is 15.2. The number of rotatable bonds is 13. The average Bonchev–Trinajstić information content (AvgIpc) is 3.26. The Bertz CT molecular complexity index is 709. The Morgan fingerprint density at radius 2 is 1.85 bits per heavy atom. The first kappa shape index (κ1) is 27.1.